The Bertz CT molecular complexity index is 1280. The summed E-state index contributed by atoms with van der Waals surface area (Å²) in [6.07, 6.45) is 6.97. The fourth-order valence-electron chi connectivity index (χ4n) is 5.36. The molecular weight excluding hydrogens is 490 g/mol. The van der Waals surface area contributed by atoms with Gasteiger partial charge >= 0.3 is 5.97 Å². The lowest BCUT2D eigenvalue weighted by Crippen LogP contribution is -2.54. The topological polar surface area (TPSA) is 105 Å². The summed E-state index contributed by atoms with van der Waals surface area (Å²) in [6.45, 7) is 16.4. The lowest BCUT2D eigenvalue weighted by Gasteiger charge is -2.41. The third-order valence-electron chi connectivity index (χ3n) is 8.80. The van der Waals surface area contributed by atoms with Crippen molar-refractivity contribution in [2.75, 3.05) is 6.61 Å². The fourth-order valence-corrected chi connectivity index (χ4v) is 5.36. The maximum atomic E-state index is 11.0. The van der Waals surface area contributed by atoms with E-state index in [9.17, 15) is 4.79 Å². The van der Waals surface area contributed by atoms with Crippen molar-refractivity contribution in [1.82, 2.24) is 25.1 Å². The summed E-state index contributed by atoms with van der Waals surface area (Å²) in [7, 11) is 0. The van der Waals surface area contributed by atoms with Gasteiger partial charge in [0.25, 0.3) is 0 Å². The Hall–Kier alpha value is -2.87. The van der Waals surface area contributed by atoms with Crippen LogP contribution in [-0.2, 0) is 22.2 Å². The van der Waals surface area contributed by atoms with Crippen LogP contribution in [0.1, 0.15) is 122 Å². The Morgan fingerprint density at radius 3 is 2.46 bits per heavy atom. The van der Waals surface area contributed by atoms with Gasteiger partial charge in [-0.1, -0.05) is 66.0 Å². The molecule has 0 unspecified atom stereocenters. The van der Waals surface area contributed by atoms with E-state index in [2.05, 4.69) is 93.3 Å². The number of H-pyrrole nitrogens is 1. The van der Waals surface area contributed by atoms with Crippen molar-refractivity contribution in [2.45, 2.75) is 122 Å². The second-order valence-electron chi connectivity index (χ2n) is 13.3. The average molecular weight is 538 g/mol. The van der Waals surface area contributed by atoms with Crippen molar-refractivity contribution in [2.24, 2.45) is 0 Å². The smallest absolute Gasteiger partial charge is 0.303 e. The molecule has 2 aromatic heterocycles. The number of carboxylic acids is 1. The summed E-state index contributed by atoms with van der Waals surface area (Å²) >= 11 is 0. The number of fused-ring (bicyclic) bond motifs is 1. The van der Waals surface area contributed by atoms with Gasteiger partial charge in [-0.3, -0.25) is 9.89 Å². The molecule has 1 aromatic carbocycles. The van der Waals surface area contributed by atoms with Gasteiger partial charge in [0.05, 0.1) is 6.61 Å². The molecule has 1 saturated carbocycles. The fraction of sp³-hybridized carbons (Fsp3) is 0.645. The van der Waals surface area contributed by atoms with Crippen molar-refractivity contribution in [1.29, 1.82) is 0 Å². The Morgan fingerprint density at radius 2 is 1.79 bits per heavy atom. The Labute approximate surface area is 232 Å². The molecule has 8 nitrogen and oxygen atoms in total. The molecule has 3 N–H and O–H groups in total. The van der Waals surface area contributed by atoms with Crippen LogP contribution in [0.2, 0.25) is 0 Å². The molecule has 214 valence electrons. The summed E-state index contributed by atoms with van der Waals surface area (Å²) in [5, 5.41) is 25.4. The molecular formula is C31H47N5O3. The summed E-state index contributed by atoms with van der Waals surface area (Å²) in [4.78, 5) is 11.0. The van der Waals surface area contributed by atoms with Crippen molar-refractivity contribution < 1.29 is 14.6 Å². The third kappa shape index (κ3) is 6.48. The molecule has 0 amide bonds. The molecule has 1 fully saturated rings. The van der Waals surface area contributed by atoms with Gasteiger partial charge in [-0.15, -0.1) is 10.2 Å². The van der Waals surface area contributed by atoms with Crippen LogP contribution in [0.4, 0.5) is 0 Å². The second-order valence-corrected chi connectivity index (χ2v) is 13.3. The van der Waals surface area contributed by atoms with Gasteiger partial charge in [-0.25, -0.2) is 4.52 Å². The Kier molecular flexibility index (Phi) is 8.45. The minimum atomic E-state index is -0.795. The van der Waals surface area contributed by atoms with E-state index in [-0.39, 0.29) is 22.8 Å². The van der Waals surface area contributed by atoms with Gasteiger partial charge in [0.15, 0.2) is 11.5 Å². The number of benzene rings is 1. The van der Waals surface area contributed by atoms with Crippen molar-refractivity contribution >= 4 is 11.6 Å². The van der Waals surface area contributed by atoms with Crippen LogP contribution < -0.4 is 10.1 Å². The van der Waals surface area contributed by atoms with E-state index in [0.717, 1.165) is 28.5 Å². The van der Waals surface area contributed by atoms with Gasteiger partial charge in [0, 0.05) is 46.7 Å². The van der Waals surface area contributed by atoms with Crippen molar-refractivity contribution in [3.63, 3.8) is 0 Å². The first-order chi connectivity index (χ1) is 18.3. The molecule has 3 aromatic rings. The lowest BCUT2D eigenvalue weighted by atomic mass is 9.73. The summed E-state index contributed by atoms with van der Waals surface area (Å²) in [6, 6.07) is 8.66. The van der Waals surface area contributed by atoms with Gasteiger partial charge in [-0.05, 0) is 50.7 Å². The van der Waals surface area contributed by atoms with Crippen LogP contribution >= 0.6 is 0 Å². The van der Waals surface area contributed by atoms with E-state index in [1.54, 1.807) is 0 Å². The predicted molar refractivity (Wildman–Crippen MR) is 155 cm³/mol. The van der Waals surface area contributed by atoms with Crippen LogP contribution in [0.5, 0.6) is 5.75 Å². The number of aliphatic carboxylic acids is 1. The molecule has 2 heterocycles. The van der Waals surface area contributed by atoms with E-state index in [0.29, 0.717) is 25.5 Å². The normalized spacial score (nSPS) is 15.7. The standard InChI is InChI=1S/C31H47N5O3/c1-29(2,3)25-19-26-33-34-28(36(26)35-25)30(4,5)31(6,7)32-20-23-18-22(21-12-9-8-10-13-21)15-16-24(23)39-17-11-14-27(37)38/h15-16,18-19,21,32,35H,8-14,17,20H2,1-7H3,(H,37,38). The van der Waals surface area contributed by atoms with Crippen molar-refractivity contribution in [3.05, 3.63) is 46.9 Å². The molecule has 0 radical (unpaired) electrons. The minimum absolute atomic E-state index is 0.0138. The Balaban J connectivity index is 1.56. The average Bonchev–Trinajstić information content (AvgIpc) is 3.47. The van der Waals surface area contributed by atoms with Crippen molar-refractivity contribution in [3.8, 4) is 5.75 Å². The quantitative estimate of drug-likeness (QED) is 0.241. The zero-order valence-corrected chi connectivity index (χ0v) is 24.9. The molecule has 4 rings (SSSR count). The predicted octanol–water partition coefficient (Wildman–Crippen LogP) is 6.49. The molecule has 1 aliphatic carbocycles. The number of carbonyl (C=O) groups is 1. The number of nitrogens with zero attached hydrogens (tertiary/aromatic N) is 3. The highest BCUT2D eigenvalue weighted by molar-refractivity contribution is 5.66. The number of carboxylic acid groups (broad SMARTS) is 1. The highest BCUT2D eigenvalue weighted by atomic mass is 16.5. The zero-order chi connectivity index (χ0) is 28.4. The van der Waals surface area contributed by atoms with E-state index in [4.69, 9.17) is 9.84 Å². The van der Waals surface area contributed by atoms with Gasteiger partial charge < -0.3 is 15.2 Å². The van der Waals surface area contributed by atoms with E-state index < -0.39 is 5.97 Å². The molecule has 8 heteroatoms. The number of hydrogen-bond donors (Lipinski definition) is 3. The number of aromatic nitrogens is 4. The molecule has 0 spiro atoms. The van der Waals surface area contributed by atoms with Gasteiger partial charge in [0.1, 0.15) is 5.75 Å². The van der Waals surface area contributed by atoms with E-state index in [1.165, 1.54) is 37.7 Å². The maximum absolute atomic E-state index is 11.0. The number of ether oxygens (including phenoxy) is 1. The van der Waals surface area contributed by atoms with E-state index in [1.807, 2.05) is 4.52 Å². The third-order valence-corrected chi connectivity index (χ3v) is 8.80. The molecule has 0 saturated heterocycles. The van der Waals surface area contributed by atoms with Crippen LogP contribution in [0, 0.1) is 0 Å². The lowest BCUT2D eigenvalue weighted by molar-refractivity contribution is -0.137. The van der Waals surface area contributed by atoms with Gasteiger partial charge in [0.2, 0.25) is 0 Å². The first-order valence-electron chi connectivity index (χ1n) is 14.5. The summed E-state index contributed by atoms with van der Waals surface area (Å²) < 4.78 is 8.13. The number of rotatable bonds is 11. The molecule has 39 heavy (non-hydrogen) atoms. The molecule has 1 aliphatic rings. The highest BCUT2D eigenvalue weighted by Gasteiger charge is 2.42. The molecule has 0 aliphatic heterocycles. The Morgan fingerprint density at radius 1 is 1.08 bits per heavy atom. The largest absolute Gasteiger partial charge is 0.493 e. The van der Waals surface area contributed by atoms with E-state index >= 15 is 0 Å². The number of hydrogen-bond acceptors (Lipinski definition) is 5. The molecule has 0 bridgehead atoms. The minimum Gasteiger partial charge on any atom is -0.493 e. The molecule has 0 atom stereocenters. The van der Waals surface area contributed by atoms with Crippen LogP contribution in [0.15, 0.2) is 24.3 Å². The highest BCUT2D eigenvalue weighted by Crippen LogP contribution is 2.37. The first-order valence-corrected chi connectivity index (χ1v) is 14.5. The van der Waals surface area contributed by atoms with Crippen LogP contribution in [0.3, 0.4) is 0 Å². The van der Waals surface area contributed by atoms with Gasteiger partial charge in [-0.2, -0.15) is 0 Å². The zero-order valence-electron chi connectivity index (χ0n) is 24.9. The maximum Gasteiger partial charge on any atom is 0.303 e. The number of nitrogens with one attached hydrogen (secondary N) is 2. The second kappa shape index (κ2) is 11.3. The van der Waals surface area contributed by atoms with Crippen LogP contribution in [-0.4, -0.2) is 43.0 Å². The summed E-state index contributed by atoms with van der Waals surface area (Å²) in [5.74, 6) is 1.50. The SMILES string of the molecule is CC(C)(C)c1cc2nnc(C(C)(C)C(C)(C)NCc3cc(C4CCCCC4)ccc3OCCCC(=O)O)n2[nH]1. The summed E-state index contributed by atoms with van der Waals surface area (Å²) in [5.41, 5.74) is 3.72. The first kappa shape index (κ1) is 29.1. The monoisotopic (exact) mass is 537 g/mol. The van der Waals surface area contributed by atoms with Crippen LogP contribution in [0.25, 0.3) is 5.65 Å². The number of aromatic amines is 1.